The maximum Gasteiger partial charge on any atom is 0.0794 e. The Labute approximate surface area is 135 Å². The first-order valence-electron chi connectivity index (χ1n) is 8.09. The summed E-state index contributed by atoms with van der Waals surface area (Å²) in [4.78, 5) is 8.78. The minimum Gasteiger partial charge on any atom is -0.309 e. The minimum absolute atomic E-state index is 0.460. The molecule has 0 aromatic carbocycles. The zero-order valence-corrected chi connectivity index (χ0v) is 14.4. The number of aryl methyl sites for hydroxylation is 2. The fourth-order valence-corrected chi connectivity index (χ4v) is 4.97. The number of aromatic nitrogens is 1. The van der Waals surface area contributed by atoms with E-state index in [2.05, 4.69) is 34.6 Å². The average Bonchev–Trinajstić information content (AvgIpc) is 3.09. The van der Waals surface area contributed by atoms with Crippen molar-refractivity contribution in [3.63, 3.8) is 0 Å². The van der Waals surface area contributed by atoms with Crippen LogP contribution in [0.4, 0.5) is 0 Å². The predicted octanol–water partition coefficient (Wildman–Crippen LogP) is 4.76. The largest absolute Gasteiger partial charge is 0.309 e. The van der Waals surface area contributed by atoms with Crippen molar-refractivity contribution in [1.82, 2.24) is 10.3 Å². The average molecular weight is 321 g/mol. The molecule has 2 heterocycles. The number of hydrogen-bond acceptors (Lipinski definition) is 4. The van der Waals surface area contributed by atoms with Gasteiger partial charge in [0.05, 0.1) is 5.51 Å². The summed E-state index contributed by atoms with van der Waals surface area (Å²) in [5.74, 6) is 0. The van der Waals surface area contributed by atoms with Gasteiger partial charge in [-0.1, -0.05) is 13.3 Å². The van der Waals surface area contributed by atoms with E-state index in [1.54, 1.807) is 21.8 Å². The van der Waals surface area contributed by atoms with Gasteiger partial charge >= 0.3 is 0 Å². The van der Waals surface area contributed by atoms with Gasteiger partial charge in [0.2, 0.25) is 0 Å². The van der Waals surface area contributed by atoms with Crippen molar-refractivity contribution in [2.75, 3.05) is 6.54 Å². The van der Waals surface area contributed by atoms with Crippen molar-refractivity contribution in [3.8, 4) is 0 Å². The summed E-state index contributed by atoms with van der Waals surface area (Å²) in [5.41, 5.74) is 3.57. The van der Waals surface area contributed by atoms with E-state index in [1.807, 2.05) is 11.7 Å². The first kappa shape index (κ1) is 15.2. The molecule has 4 heteroatoms. The van der Waals surface area contributed by atoms with E-state index in [1.165, 1.54) is 48.3 Å². The monoisotopic (exact) mass is 320 g/mol. The van der Waals surface area contributed by atoms with Crippen LogP contribution in [0.1, 0.15) is 58.8 Å². The number of thiazole rings is 1. The van der Waals surface area contributed by atoms with Crippen LogP contribution >= 0.6 is 22.7 Å². The number of nitrogens with one attached hydrogen (secondary N) is 1. The third kappa shape index (κ3) is 3.93. The molecule has 2 aromatic rings. The standard InChI is InChI=1S/C17H24N2S2/c1-2-8-19-15(10-14-11-18-12-20-14)17-9-13-6-4-3-5-7-16(13)21-17/h9,11-12,15,19H,2-8,10H2,1H3. The van der Waals surface area contributed by atoms with Gasteiger partial charge in [-0.05, 0) is 50.3 Å². The molecule has 114 valence electrons. The summed E-state index contributed by atoms with van der Waals surface area (Å²) < 4.78 is 0. The van der Waals surface area contributed by atoms with Crippen LogP contribution in [0.5, 0.6) is 0 Å². The van der Waals surface area contributed by atoms with E-state index in [0.717, 1.165) is 13.0 Å². The normalized spacial score (nSPS) is 16.4. The Morgan fingerprint density at radius 1 is 1.29 bits per heavy atom. The number of rotatable bonds is 6. The highest BCUT2D eigenvalue weighted by atomic mass is 32.1. The Hall–Kier alpha value is -0.710. The van der Waals surface area contributed by atoms with Crippen LogP contribution in [-0.2, 0) is 19.3 Å². The summed E-state index contributed by atoms with van der Waals surface area (Å²) in [6, 6.07) is 2.95. The molecule has 1 atom stereocenters. The Bertz CT molecular complexity index is 522. The van der Waals surface area contributed by atoms with Gasteiger partial charge in [0.15, 0.2) is 0 Å². The van der Waals surface area contributed by atoms with E-state index in [0.29, 0.717) is 6.04 Å². The second kappa shape index (κ2) is 7.52. The molecule has 21 heavy (non-hydrogen) atoms. The molecule has 0 amide bonds. The summed E-state index contributed by atoms with van der Waals surface area (Å²) in [5, 5.41) is 3.74. The highest BCUT2D eigenvalue weighted by molar-refractivity contribution is 7.12. The highest BCUT2D eigenvalue weighted by Crippen LogP contribution is 2.33. The highest BCUT2D eigenvalue weighted by Gasteiger charge is 2.19. The van der Waals surface area contributed by atoms with Gasteiger partial charge in [0.25, 0.3) is 0 Å². The van der Waals surface area contributed by atoms with Crippen molar-refractivity contribution >= 4 is 22.7 Å². The molecule has 1 aliphatic carbocycles. The summed E-state index contributed by atoms with van der Waals surface area (Å²) >= 11 is 3.82. The SMILES string of the molecule is CCCNC(Cc1cncs1)c1cc2c(s1)CCCCC2. The molecule has 0 bridgehead atoms. The van der Waals surface area contributed by atoms with Crippen molar-refractivity contribution in [1.29, 1.82) is 0 Å². The van der Waals surface area contributed by atoms with E-state index in [-0.39, 0.29) is 0 Å². The number of fused-ring (bicyclic) bond motifs is 1. The van der Waals surface area contributed by atoms with E-state index >= 15 is 0 Å². The van der Waals surface area contributed by atoms with Gasteiger partial charge in [0.1, 0.15) is 0 Å². The van der Waals surface area contributed by atoms with E-state index < -0.39 is 0 Å². The van der Waals surface area contributed by atoms with Gasteiger partial charge in [-0.15, -0.1) is 22.7 Å². The van der Waals surface area contributed by atoms with Crippen LogP contribution in [0, 0.1) is 0 Å². The third-order valence-corrected chi connectivity index (χ3v) is 6.29. The van der Waals surface area contributed by atoms with Crippen molar-refractivity contribution in [2.45, 2.75) is 57.9 Å². The molecule has 2 aromatic heterocycles. The molecule has 3 rings (SSSR count). The molecule has 0 aliphatic heterocycles. The van der Waals surface area contributed by atoms with Crippen LogP contribution in [0.15, 0.2) is 17.8 Å². The molecular formula is C17H24N2S2. The van der Waals surface area contributed by atoms with Crippen LogP contribution < -0.4 is 5.32 Å². The fraction of sp³-hybridized carbons (Fsp3) is 0.588. The molecule has 1 N–H and O–H groups in total. The molecule has 2 nitrogen and oxygen atoms in total. The number of thiophene rings is 1. The maximum atomic E-state index is 4.22. The lowest BCUT2D eigenvalue weighted by atomic mass is 10.1. The first-order valence-corrected chi connectivity index (χ1v) is 9.78. The molecule has 1 aliphatic rings. The third-order valence-electron chi connectivity index (χ3n) is 4.14. The van der Waals surface area contributed by atoms with Crippen molar-refractivity contribution in [2.24, 2.45) is 0 Å². The van der Waals surface area contributed by atoms with Crippen molar-refractivity contribution in [3.05, 3.63) is 38.0 Å². The van der Waals surface area contributed by atoms with E-state index in [4.69, 9.17) is 0 Å². The fourth-order valence-electron chi connectivity index (χ4n) is 3.00. The molecule has 0 fully saturated rings. The van der Waals surface area contributed by atoms with Crippen LogP contribution in [0.3, 0.4) is 0 Å². The summed E-state index contributed by atoms with van der Waals surface area (Å²) in [7, 11) is 0. The Morgan fingerprint density at radius 3 is 3.00 bits per heavy atom. The first-order chi connectivity index (χ1) is 10.4. The zero-order valence-electron chi connectivity index (χ0n) is 12.7. The molecule has 0 radical (unpaired) electrons. The number of nitrogens with zero attached hydrogens (tertiary/aromatic N) is 1. The molecular weight excluding hydrogens is 296 g/mol. The van der Waals surface area contributed by atoms with Gasteiger partial charge in [-0.25, -0.2) is 0 Å². The number of hydrogen-bond donors (Lipinski definition) is 1. The van der Waals surface area contributed by atoms with Gasteiger partial charge in [-0.2, -0.15) is 0 Å². The topological polar surface area (TPSA) is 24.9 Å². The van der Waals surface area contributed by atoms with Crippen LogP contribution in [0.2, 0.25) is 0 Å². The summed E-state index contributed by atoms with van der Waals surface area (Å²) in [6.07, 6.45) is 11.0. The van der Waals surface area contributed by atoms with Crippen molar-refractivity contribution < 1.29 is 0 Å². The quantitative estimate of drug-likeness (QED) is 0.776. The summed E-state index contributed by atoms with van der Waals surface area (Å²) in [6.45, 7) is 3.33. The van der Waals surface area contributed by atoms with Crippen LogP contribution in [-0.4, -0.2) is 11.5 Å². The van der Waals surface area contributed by atoms with E-state index in [9.17, 15) is 0 Å². The molecule has 0 saturated heterocycles. The predicted molar refractivity (Wildman–Crippen MR) is 92.4 cm³/mol. The second-order valence-corrected chi connectivity index (χ2v) is 7.98. The van der Waals surface area contributed by atoms with Gasteiger partial charge < -0.3 is 5.32 Å². The zero-order chi connectivity index (χ0) is 14.5. The van der Waals surface area contributed by atoms with Gasteiger partial charge in [-0.3, -0.25) is 4.98 Å². The van der Waals surface area contributed by atoms with Crippen LogP contribution in [0.25, 0.3) is 0 Å². The Balaban J connectivity index is 1.78. The molecule has 0 spiro atoms. The van der Waals surface area contributed by atoms with Gasteiger partial charge in [0, 0.05) is 33.3 Å². The smallest absolute Gasteiger partial charge is 0.0794 e. The molecule has 0 saturated carbocycles. The minimum atomic E-state index is 0.460. The maximum absolute atomic E-state index is 4.22. The Kier molecular flexibility index (Phi) is 5.44. The lowest BCUT2D eigenvalue weighted by molar-refractivity contribution is 0.539. The second-order valence-electron chi connectivity index (χ2n) is 5.84. The molecule has 1 unspecified atom stereocenters. The lowest BCUT2D eigenvalue weighted by Gasteiger charge is -2.16. The lowest BCUT2D eigenvalue weighted by Crippen LogP contribution is -2.23. The Morgan fingerprint density at radius 2 is 2.19 bits per heavy atom.